The van der Waals surface area contributed by atoms with E-state index in [2.05, 4.69) is 21.8 Å². The van der Waals surface area contributed by atoms with Crippen LogP contribution in [0.25, 0.3) is 0 Å². The van der Waals surface area contributed by atoms with Crippen LogP contribution in [-0.2, 0) is 23.1 Å². The number of hydrogen-bond donors (Lipinski definition) is 1. The summed E-state index contributed by atoms with van der Waals surface area (Å²) in [7, 11) is -3.07. The van der Waals surface area contributed by atoms with Gasteiger partial charge in [0.05, 0.1) is 12.8 Å². The van der Waals surface area contributed by atoms with Crippen LogP contribution in [0.3, 0.4) is 0 Å². The van der Waals surface area contributed by atoms with Crippen LogP contribution in [0.5, 0.6) is 0 Å². The number of sulfonamides is 1. The van der Waals surface area contributed by atoms with Crippen molar-refractivity contribution < 1.29 is 8.42 Å². The van der Waals surface area contributed by atoms with Gasteiger partial charge < -0.3 is 9.88 Å². The summed E-state index contributed by atoms with van der Waals surface area (Å²) in [5, 5.41) is 3.27. The summed E-state index contributed by atoms with van der Waals surface area (Å²) >= 11 is 0. The standard InChI is InChI=1S/C13H24N4O2S/c1-3-14-9-13-15-6-8-16(13)10-12-5-4-7-17(11-12)20(2,18)19/h6,8,12,14H,3-5,7,9-11H2,1-2H3. The van der Waals surface area contributed by atoms with Gasteiger partial charge in [-0.2, -0.15) is 0 Å². The van der Waals surface area contributed by atoms with Gasteiger partial charge in [0.1, 0.15) is 5.82 Å². The van der Waals surface area contributed by atoms with Crippen molar-refractivity contribution in [2.24, 2.45) is 5.92 Å². The highest BCUT2D eigenvalue weighted by molar-refractivity contribution is 7.88. The molecule has 7 heteroatoms. The molecule has 1 atom stereocenters. The topological polar surface area (TPSA) is 67.2 Å². The van der Waals surface area contributed by atoms with Crippen molar-refractivity contribution in [2.75, 3.05) is 25.9 Å². The van der Waals surface area contributed by atoms with E-state index in [0.29, 0.717) is 19.0 Å². The SMILES string of the molecule is CCNCc1nccn1CC1CCCN(S(C)(=O)=O)C1. The molecule has 1 N–H and O–H groups in total. The molecular formula is C13H24N4O2S. The number of imidazole rings is 1. The molecule has 0 aromatic carbocycles. The summed E-state index contributed by atoms with van der Waals surface area (Å²) in [6.07, 6.45) is 7.10. The zero-order chi connectivity index (χ0) is 14.6. The van der Waals surface area contributed by atoms with Crippen LogP contribution in [0.15, 0.2) is 12.4 Å². The number of piperidine rings is 1. The molecule has 0 radical (unpaired) electrons. The minimum Gasteiger partial charge on any atom is -0.334 e. The highest BCUT2D eigenvalue weighted by Gasteiger charge is 2.26. The van der Waals surface area contributed by atoms with E-state index in [1.165, 1.54) is 6.26 Å². The number of hydrogen-bond acceptors (Lipinski definition) is 4. The number of rotatable bonds is 6. The minimum absolute atomic E-state index is 0.369. The van der Waals surface area contributed by atoms with Crippen molar-refractivity contribution in [3.8, 4) is 0 Å². The molecule has 1 aromatic rings. The Morgan fingerprint density at radius 1 is 1.50 bits per heavy atom. The second-order valence-electron chi connectivity index (χ2n) is 5.41. The average molecular weight is 300 g/mol. The predicted molar refractivity (Wildman–Crippen MR) is 78.7 cm³/mol. The molecule has 0 aliphatic carbocycles. The molecule has 6 nitrogen and oxygen atoms in total. The summed E-state index contributed by atoms with van der Waals surface area (Å²) < 4.78 is 27.0. The highest BCUT2D eigenvalue weighted by atomic mass is 32.2. The molecule has 0 spiro atoms. The summed E-state index contributed by atoms with van der Waals surface area (Å²) in [4.78, 5) is 4.36. The lowest BCUT2D eigenvalue weighted by atomic mass is 9.99. The Morgan fingerprint density at radius 3 is 3.00 bits per heavy atom. The Morgan fingerprint density at radius 2 is 2.30 bits per heavy atom. The van der Waals surface area contributed by atoms with Crippen molar-refractivity contribution in [2.45, 2.75) is 32.9 Å². The first kappa shape index (κ1) is 15.5. The largest absolute Gasteiger partial charge is 0.334 e. The third-order valence-electron chi connectivity index (χ3n) is 3.74. The number of aromatic nitrogens is 2. The van der Waals surface area contributed by atoms with E-state index < -0.39 is 10.0 Å². The fraction of sp³-hybridized carbons (Fsp3) is 0.769. The van der Waals surface area contributed by atoms with Gasteiger partial charge in [-0.15, -0.1) is 0 Å². The van der Waals surface area contributed by atoms with Crippen LogP contribution in [0, 0.1) is 5.92 Å². The Bertz CT molecular complexity index is 526. The van der Waals surface area contributed by atoms with Crippen molar-refractivity contribution >= 4 is 10.0 Å². The number of nitrogens with zero attached hydrogens (tertiary/aromatic N) is 3. The lowest BCUT2D eigenvalue weighted by molar-refractivity contribution is 0.244. The predicted octanol–water partition coefficient (Wildman–Crippen LogP) is 0.664. The second-order valence-corrected chi connectivity index (χ2v) is 7.39. The molecule has 0 amide bonds. The maximum atomic E-state index is 11.6. The van der Waals surface area contributed by atoms with Crippen LogP contribution in [-0.4, -0.2) is 48.2 Å². The molecule has 20 heavy (non-hydrogen) atoms. The average Bonchev–Trinajstić information content (AvgIpc) is 2.83. The molecular weight excluding hydrogens is 276 g/mol. The maximum absolute atomic E-state index is 11.6. The van der Waals surface area contributed by atoms with E-state index in [4.69, 9.17) is 0 Å². The quantitative estimate of drug-likeness (QED) is 0.838. The van der Waals surface area contributed by atoms with Crippen LogP contribution in [0.1, 0.15) is 25.6 Å². The first-order valence-corrected chi connectivity index (χ1v) is 9.01. The summed E-state index contributed by atoms with van der Waals surface area (Å²) in [5.41, 5.74) is 0. The molecule has 1 aromatic heterocycles. The first-order valence-electron chi connectivity index (χ1n) is 7.16. The molecule has 0 saturated carbocycles. The Hall–Kier alpha value is -0.920. The molecule has 1 unspecified atom stereocenters. The van der Waals surface area contributed by atoms with Crippen LogP contribution >= 0.6 is 0 Å². The third-order valence-corrected chi connectivity index (χ3v) is 5.01. The van der Waals surface area contributed by atoms with Crippen molar-refractivity contribution in [1.82, 2.24) is 19.2 Å². The van der Waals surface area contributed by atoms with E-state index >= 15 is 0 Å². The van der Waals surface area contributed by atoms with Gasteiger partial charge >= 0.3 is 0 Å². The van der Waals surface area contributed by atoms with E-state index in [0.717, 1.165) is 38.3 Å². The van der Waals surface area contributed by atoms with E-state index in [1.807, 2.05) is 12.4 Å². The van der Waals surface area contributed by atoms with Crippen molar-refractivity contribution in [3.63, 3.8) is 0 Å². The van der Waals surface area contributed by atoms with Gasteiger partial charge in [-0.3, -0.25) is 0 Å². The van der Waals surface area contributed by atoms with Gasteiger partial charge in [-0.25, -0.2) is 17.7 Å². The van der Waals surface area contributed by atoms with Gasteiger partial charge in [0, 0.05) is 32.0 Å². The van der Waals surface area contributed by atoms with Gasteiger partial charge in [0.25, 0.3) is 0 Å². The van der Waals surface area contributed by atoms with E-state index in [-0.39, 0.29) is 0 Å². The van der Waals surface area contributed by atoms with Crippen LogP contribution in [0.4, 0.5) is 0 Å². The first-order chi connectivity index (χ1) is 9.50. The molecule has 0 bridgehead atoms. The monoisotopic (exact) mass is 300 g/mol. The van der Waals surface area contributed by atoms with E-state index in [9.17, 15) is 8.42 Å². The van der Waals surface area contributed by atoms with Gasteiger partial charge in [-0.05, 0) is 25.3 Å². The lowest BCUT2D eigenvalue weighted by Crippen LogP contribution is -2.40. The van der Waals surface area contributed by atoms with Gasteiger partial charge in [-0.1, -0.05) is 6.92 Å². The summed E-state index contributed by atoms with van der Waals surface area (Å²) in [5.74, 6) is 1.39. The normalized spacial score (nSPS) is 21.2. The Kier molecular flexibility index (Phi) is 5.17. The lowest BCUT2D eigenvalue weighted by Gasteiger charge is -2.31. The van der Waals surface area contributed by atoms with Crippen molar-refractivity contribution in [1.29, 1.82) is 0 Å². The molecule has 114 valence electrons. The smallest absolute Gasteiger partial charge is 0.211 e. The van der Waals surface area contributed by atoms with Crippen molar-refractivity contribution in [3.05, 3.63) is 18.2 Å². The molecule has 1 fully saturated rings. The number of nitrogens with one attached hydrogen (secondary N) is 1. The molecule has 1 saturated heterocycles. The summed E-state index contributed by atoms with van der Waals surface area (Å²) in [6, 6.07) is 0. The summed E-state index contributed by atoms with van der Waals surface area (Å²) in [6.45, 7) is 5.86. The fourth-order valence-corrected chi connectivity index (χ4v) is 3.61. The minimum atomic E-state index is -3.07. The second kappa shape index (κ2) is 6.69. The van der Waals surface area contributed by atoms with Crippen LogP contribution < -0.4 is 5.32 Å². The zero-order valence-corrected chi connectivity index (χ0v) is 13.1. The van der Waals surface area contributed by atoms with Crippen LogP contribution in [0.2, 0.25) is 0 Å². The molecule has 1 aliphatic heterocycles. The third kappa shape index (κ3) is 4.04. The van der Waals surface area contributed by atoms with E-state index in [1.54, 1.807) is 4.31 Å². The zero-order valence-electron chi connectivity index (χ0n) is 12.2. The Balaban J connectivity index is 1.98. The molecule has 2 heterocycles. The fourth-order valence-electron chi connectivity index (χ4n) is 2.67. The van der Waals surface area contributed by atoms with Gasteiger partial charge in [0.15, 0.2) is 0 Å². The molecule has 1 aliphatic rings. The molecule has 2 rings (SSSR count). The van der Waals surface area contributed by atoms with Gasteiger partial charge in [0.2, 0.25) is 10.0 Å². The Labute approximate surface area is 121 Å². The highest BCUT2D eigenvalue weighted by Crippen LogP contribution is 2.20. The maximum Gasteiger partial charge on any atom is 0.211 e.